The van der Waals surface area contributed by atoms with Crippen LogP contribution < -0.4 is 5.32 Å². The second kappa shape index (κ2) is 10.7. The highest BCUT2D eigenvalue weighted by Gasteiger charge is 2.10. The molecule has 0 aliphatic carbocycles. The van der Waals surface area contributed by atoms with Crippen molar-refractivity contribution in [2.24, 2.45) is 5.92 Å². The van der Waals surface area contributed by atoms with Gasteiger partial charge in [0.1, 0.15) is 5.82 Å². The first kappa shape index (κ1) is 18.1. The van der Waals surface area contributed by atoms with Gasteiger partial charge in [-0.15, -0.1) is 0 Å². The molecule has 1 N–H and O–H groups in total. The van der Waals surface area contributed by atoms with Gasteiger partial charge in [0, 0.05) is 20.3 Å². The molecule has 0 fully saturated rings. The minimum Gasteiger partial charge on any atom is -0.383 e. The molecule has 1 aromatic rings. The highest BCUT2D eigenvalue weighted by atomic mass is 19.1. The molecule has 120 valence electrons. The largest absolute Gasteiger partial charge is 0.383 e. The Morgan fingerprint density at radius 3 is 2.48 bits per heavy atom. The molecule has 0 saturated carbocycles. The molecule has 0 bridgehead atoms. The van der Waals surface area contributed by atoms with E-state index in [1.807, 2.05) is 26.0 Å². The van der Waals surface area contributed by atoms with Crippen molar-refractivity contribution in [3.8, 4) is 0 Å². The number of rotatable bonds is 11. The number of methoxy groups -OCH3 is 1. The van der Waals surface area contributed by atoms with E-state index in [2.05, 4.69) is 5.32 Å². The fraction of sp³-hybridized carbons (Fsp3) is 0.647. The lowest BCUT2D eigenvalue weighted by Crippen LogP contribution is -2.28. The molecule has 0 heterocycles. The Labute approximate surface area is 127 Å². The maximum absolute atomic E-state index is 13.0. The minimum atomic E-state index is -0.184. The predicted molar refractivity (Wildman–Crippen MR) is 84.0 cm³/mol. The van der Waals surface area contributed by atoms with Gasteiger partial charge < -0.3 is 14.8 Å². The average molecular weight is 297 g/mol. The smallest absolute Gasteiger partial charge is 0.123 e. The van der Waals surface area contributed by atoms with Crippen molar-refractivity contribution in [3.05, 3.63) is 35.6 Å². The van der Waals surface area contributed by atoms with Crippen LogP contribution in [0.5, 0.6) is 0 Å². The Bertz CT molecular complexity index is 368. The maximum Gasteiger partial charge on any atom is 0.123 e. The lowest BCUT2D eigenvalue weighted by atomic mass is 9.96. The third-order valence-electron chi connectivity index (χ3n) is 3.33. The Morgan fingerprint density at radius 1 is 1.14 bits per heavy atom. The Morgan fingerprint density at radius 2 is 1.86 bits per heavy atom. The zero-order valence-electron chi connectivity index (χ0n) is 13.4. The molecule has 1 aromatic carbocycles. The number of hydrogen-bond donors (Lipinski definition) is 1. The van der Waals surface area contributed by atoms with E-state index in [0.29, 0.717) is 12.5 Å². The fourth-order valence-corrected chi connectivity index (χ4v) is 2.18. The van der Waals surface area contributed by atoms with Crippen LogP contribution in [0.1, 0.15) is 25.8 Å². The molecule has 0 saturated heterocycles. The monoisotopic (exact) mass is 297 g/mol. The predicted octanol–water partition coefficient (Wildman–Crippen LogP) is 3.04. The van der Waals surface area contributed by atoms with Gasteiger partial charge in [-0.05, 0) is 56.8 Å². The number of hydrogen-bond acceptors (Lipinski definition) is 3. The summed E-state index contributed by atoms with van der Waals surface area (Å²) in [6.45, 7) is 7.34. The third-order valence-corrected chi connectivity index (χ3v) is 3.33. The van der Waals surface area contributed by atoms with Gasteiger partial charge in [0.25, 0.3) is 0 Å². The van der Waals surface area contributed by atoms with Crippen LogP contribution >= 0.6 is 0 Å². The molecule has 4 heteroatoms. The van der Waals surface area contributed by atoms with E-state index in [1.165, 1.54) is 17.7 Å². The SMILES string of the molecule is COCCNCC(CCOC(C)C)Cc1ccc(F)cc1. The molecule has 0 aromatic heterocycles. The Hall–Kier alpha value is -0.970. The number of ether oxygens (including phenoxy) is 2. The van der Waals surface area contributed by atoms with E-state index in [4.69, 9.17) is 9.47 Å². The van der Waals surface area contributed by atoms with Crippen LogP contribution in [0, 0.1) is 11.7 Å². The van der Waals surface area contributed by atoms with Gasteiger partial charge in [-0.25, -0.2) is 4.39 Å². The second-order valence-corrected chi connectivity index (χ2v) is 5.60. The molecule has 0 radical (unpaired) electrons. The van der Waals surface area contributed by atoms with Gasteiger partial charge in [-0.2, -0.15) is 0 Å². The van der Waals surface area contributed by atoms with Crippen molar-refractivity contribution in [2.45, 2.75) is 32.8 Å². The normalized spacial score (nSPS) is 12.8. The van der Waals surface area contributed by atoms with Gasteiger partial charge in [0.2, 0.25) is 0 Å². The van der Waals surface area contributed by atoms with Crippen LogP contribution in [0.25, 0.3) is 0 Å². The van der Waals surface area contributed by atoms with Crippen LogP contribution in [0.2, 0.25) is 0 Å². The molecule has 1 atom stereocenters. The van der Waals surface area contributed by atoms with E-state index in [0.717, 1.165) is 32.5 Å². The molecular formula is C17H28FNO2. The number of nitrogens with one attached hydrogen (secondary N) is 1. The van der Waals surface area contributed by atoms with Gasteiger partial charge in [-0.1, -0.05) is 12.1 Å². The quantitative estimate of drug-likeness (QED) is 0.637. The lowest BCUT2D eigenvalue weighted by Gasteiger charge is -2.19. The average Bonchev–Trinajstić information content (AvgIpc) is 2.45. The van der Waals surface area contributed by atoms with Crippen LogP contribution in [0.4, 0.5) is 4.39 Å². The van der Waals surface area contributed by atoms with Gasteiger partial charge in [-0.3, -0.25) is 0 Å². The molecule has 0 aliphatic rings. The first-order valence-electron chi connectivity index (χ1n) is 7.67. The maximum atomic E-state index is 13.0. The van der Waals surface area contributed by atoms with Crippen molar-refractivity contribution in [3.63, 3.8) is 0 Å². The van der Waals surface area contributed by atoms with Crippen molar-refractivity contribution in [1.29, 1.82) is 0 Å². The molecular weight excluding hydrogens is 269 g/mol. The molecule has 0 amide bonds. The van der Waals surface area contributed by atoms with Crippen LogP contribution in [-0.2, 0) is 15.9 Å². The molecule has 21 heavy (non-hydrogen) atoms. The summed E-state index contributed by atoms with van der Waals surface area (Å²) >= 11 is 0. The summed E-state index contributed by atoms with van der Waals surface area (Å²) in [5.41, 5.74) is 1.17. The summed E-state index contributed by atoms with van der Waals surface area (Å²) in [6, 6.07) is 6.77. The van der Waals surface area contributed by atoms with Crippen LogP contribution in [-0.4, -0.2) is 39.5 Å². The molecule has 3 nitrogen and oxygen atoms in total. The highest BCUT2D eigenvalue weighted by molar-refractivity contribution is 5.16. The molecule has 0 spiro atoms. The minimum absolute atomic E-state index is 0.184. The van der Waals surface area contributed by atoms with Crippen molar-refractivity contribution < 1.29 is 13.9 Å². The van der Waals surface area contributed by atoms with Crippen molar-refractivity contribution in [1.82, 2.24) is 5.32 Å². The summed E-state index contributed by atoms with van der Waals surface area (Å²) in [5, 5.41) is 3.40. The third kappa shape index (κ3) is 8.81. The standard InChI is InChI=1S/C17H28FNO2/c1-14(2)21-10-8-16(13-19-9-11-20-3)12-15-4-6-17(18)7-5-15/h4-7,14,16,19H,8-13H2,1-3H3. The summed E-state index contributed by atoms with van der Waals surface area (Å²) in [6.07, 6.45) is 2.19. The first-order valence-corrected chi connectivity index (χ1v) is 7.67. The zero-order valence-corrected chi connectivity index (χ0v) is 13.4. The topological polar surface area (TPSA) is 30.5 Å². The van der Waals surface area contributed by atoms with E-state index in [-0.39, 0.29) is 11.9 Å². The van der Waals surface area contributed by atoms with E-state index in [1.54, 1.807) is 7.11 Å². The number of halogens is 1. The van der Waals surface area contributed by atoms with E-state index < -0.39 is 0 Å². The van der Waals surface area contributed by atoms with Gasteiger partial charge >= 0.3 is 0 Å². The van der Waals surface area contributed by atoms with Crippen LogP contribution in [0.15, 0.2) is 24.3 Å². The van der Waals surface area contributed by atoms with Crippen LogP contribution in [0.3, 0.4) is 0 Å². The van der Waals surface area contributed by atoms with Gasteiger partial charge in [0.05, 0.1) is 12.7 Å². The highest BCUT2D eigenvalue weighted by Crippen LogP contribution is 2.13. The van der Waals surface area contributed by atoms with Crippen molar-refractivity contribution in [2.75, 3.05) is 33.4 Å². The lowest BCUT2D eigenvalue weighted by molar-refractivity contribution is 0.0681. The summed E-state index contributed by atoms with van der Waals surface area (Å²) in [4.78, 5) is 0. The van der Waals surface area contributed by atoms with Gasteiger partial charge in [0.15, 0.2) is 0 Å². The Kier molecular flexibility index (Phi) is 9.22. The van der Waals surface area contributed by atoms with E-state index >= 15 is 0 Å². The molecule has 0 aliphatic heterocycles. The molecule has 1 unspecified atom stereocenters. The summed E-state index contributed by atoms with van der Waals surface area (Å²) in [5.74, 6) is 0.294. The second-order valence-electron chi connectivity index (χ2n) is 5.60. The van der Waals surface area contributed by atoms with Crippen molar-refractivity contribution >= 4 is 0 Å². The Balaban J connectivity index is 2.43. The summed E-state index contributed by atoms with van der Waals surface area (Å²) in [7, 11) is 1.70. The van der Waals surface area contributed by atoms with E-state index in [9.17, 15) is 4.39 Å². The number of benzene rings is 1. The fourth-order valence-electron chi connectivity index (χ4n) is 2.18. The molecule has 1 rings (SSSR count). The zero-order chi connectivity index (χ0) is 15.5. The summed E-state index contributed by atoms with van der Waals surface area (Å²) < 4.78 is 23.6. The first-order chi connectivity index (χ1) is 10.1.